The van der Waals surface area contributed by atoms with Gasteiger partial charge in [-0.1, -0.05) is 59.1 Å². The molecule has 0 aliphatic heterocycles. The van der Waals surface area contributed by atoms with Crippen molar-refractivity contribution >= 4 is 28.6 Å². The number of aromatic amines is 1. The predicted octanol–water partition coefficient (Wildman–Crippen LogP) is 7.11. The Bertz CT molecular complexity index is 1040. The molecule has 0 spiro atoms. The van der Waals surface area contributed by atoms with Crippen molar-refractivity contribution in [2.45, 2.75) is 65.7 Å². The van der Waals surface area contributed by atoms with Gasteiger partial charge in [-0.25, -0.2) is 9.78 Å². The summed E-state index contributed by atoms with van der Waals surface area (Å²) in [6.07, 6.45) is 7.31. The number of aromatic nitrogens is 2. The SMILES string of the molecule is CC1(C)CCCCC1.COc1cc2nc(Nc3ccc(C(C)C)cc3)[nH]c2cc1C(=O)O. The molecule has 6 heteroatoms. The molecule has 0 amide bonds. The summed E-state index contributed by atoms with van der Waals surface area (Å²) in [5, 5.41) is 12.4. The maximum absolute atomic E-state index is 11.3. The summed E-state index contributed by atoms with van der Waals surface area (Å²) in [6.45, 7) is 9.06. The van der Waals surface area contributed by atoms with Crippen LogP contribution in [0, 0.1) is 5.41 Å². The number of imidazole rings is 1. The third-order valence-corrected chi connectivity index (χ3v) is 6.08. The molecule has 1 aliphatic carbocycles. The summed E-state index contributed by atoms with van der Waals surface area (Å²) in [6, 6.07) is 11.3. The lowest BCUT2D eigenvalue weighted by molar-refractivity contribution is 0.0693. The molecule has 3 N–H and O–H groups in total. The Labute approximate surface area is 190 Å². The highest BCUT2D eigenvalue weighted by Gasteiger charge is 2.20. The van der Waals surface area contributed by atoms with E-state index in [4.69, 9.17) is 4.74 Å². The summed E-state index contributed by atoms with van der Waals surface area (Å²) >= 11 is 0. The van der Waals surface area contributed by atoms with Crippen LogP contribution in [-0.4, -0.2) is 28.2 Å². The van der Waals surface area contributed by atoms with Gasteiger partial charge in [0.1, 0.15) is 11.3 Å². The second kappa shape index (κ2) is 10.1. The Hall–Kier alpha value is -3.02. The zero-order valence-corrected chi connectivity index (χ0v) is 19.8. The van der Waals surface area contributed by atoms with E-state index < -0.39 is 5.97 Å². The maximum atomic E-state index is 11.3. The molecule has 2 aromatic carbocycles. The minimum Gasteiger partial charge on any atom is -0.496 e. The van der Waals surface area contributed by atoms with Crippen molar-refractivity contribution in [3.63, 3.8) is 0 Å². The molecular formula is C26H35N3O3. The molecule has 1 heterocycles. The van der Waals surface area contributed by atoms with Crippen LogP contribution in [0.15, 0.2) is 36.4 Å². The van der Waals surface area contributed by atoms with Crippen LogP contribution < -0.4 is 10.1 Å². The van der Waals surface area contributed by atoms with Gasteiger partial charge in [0, 0.05) is 11.8 Å². The second-order valence-electron chi connectivity index (χ2n) is 9.59. The van der Waals surface area contributed by atoms with E-state index in [9.17, 15) is 9.90 Å². The molecule has 4 rings (SSSR count). The Morgan fingerprint density at radius 1 is 1.12 bits per heavy atom. The quantitative estimate of drug-likeness (QED) is 0.396. The largest absolute Gasteiger partial charge is 0.496 e. The van der Waals surface area contributed by atoms with E-state index in [2.05, 4.69) is 55.1 Å². The highest BCUT2D eigenvalue weighted by atomic mass is 16.5. The Kier molecular flexibility index (Phi) is 7.44. The van der Waals surface area contributed by atoms with Crippen LogP contribution >= 0.6 is 0 Å². The molecule has 1 aromatic heterocycles. The van der Waals surface area contributed by atoms with Crippen molar-refractivity contribution in [3.05, 3.63) is 47.5 Å². The average molecular weight is 438 g/mol. The predicted molar refractivity (Wildman–Crippen MR) is 130 cm³/mol. The summed E-state index contributed by atoms with van der Waals surface area (Å²) in [5.41, 5.74) is 4.22. The Balaban J connectivity index is 0.000000305. The minimum atomic E-state index is -1.04. The van der Waals surface area contributed by atoms with E-state index in [1.165, 1.54) is 50.8 Å². The normalized spacial score (nSPS) is 15.2. The zero-order valence-electron chi connectivity index (χ0n) is 19.8. The number of carboxylic acids is 1. The minimum absolute atomic E-state index is 0.0986. The number of methoxy groups -OCH3 is 1. The number of carboxylic acid groups (broad SMARTS) is 1. The van der Waals surface area contributed by atoms with Crippen molar-refractivity contribution in [2.75, 3.05) is 12.4 Å². The number of H-pyrrole nitrogens is 1. The number of ether oxygens (including phenoxy) is 1. The van der Waals surface area contributed by atoms with E-state index in [0.29, 0.717) is 28.3 Å². The van der Waals surface area contributed by atoms with Crippen molar-refractivity contribution in [1.82, 2.24) is 9.97 Å². The lowest BCUT2D eigenvalue weighted by Crippen LogP contribution is -2.14. The average Bonchev–Trinajstić information content (AvgIpc) is 3.14. The number of rotatable bonds is 5. The number of benzene rings is 2. The molecule has 1 saturated carbocycles. The molecule has 6 nitrogen and oxygen atoms in total. The van der Waals surface area contributed by atoms with E-state index in [0.717, 1.165) is 5.69 Å². The molecule has 0 unspecified atom stereocenters. The van der Waals surface area contributed by atoms with Crippen LogP contribution in [0.5, 0.6) is 5.75 Å². The van der Waals surface area contributed by atoms with Gasteiger partial charge in [0.15, 0.2) is 0 Å². The first-order chi connectivity index (χ1) is 15.2. The molecule has 1 aliphatic rings. The van der Waals surface area contributed by atoms with Crippen LogP contribution in [0.4, 0.5) is 11.6 Å². The topological polar surface area (TPSA) is 87.2 Å². The smallest absolute Gasteiger partial charge is 0.339 e. The van der Waals surface area contributed by atoms with Crippen LogP contribution in [0.25, 0.3) is 11.0 Å². The van der Waals surface area contributed by atoms with Crippen LogP contribution in [0.2, 0.25) is 0 Å². The number of nitrogens with zero attached hydrogens (tertiary/aromatic N) is 1. The molecular weight excluding hydrogens is 402 g/mol. The molecule has 0 saturated heterocycles. The maximum Gasteiger partial charge on any atom is 0.339 e. The fourth-order valence-corrected chi connectivity index (χ4v) is 4.03. The second-order valence-corrected chi connectivity index (χ2v) is 9.59. The Morgan fingerprint density at radius 2 is 1.78 bits per heavy atom. The summed E-state index contributed by atoms with van der Waals surface area (Å²) in [7, 11) is 1.44. The van der Waals surface area contributed by atoms with Gasteiger partial charge in [-0.2, -0.15) is 0 Å². The van der Waals surface area contributed by atoms with Crippen LogP contribution in [0.3, 0.4) is 0 Å². The summed E-state index contributed by atoms with van der Waals surface area (Å²) in [5.74, 6) is 0.274. The van der Waals surface area contributed by atoms with Gasteiger partial charge in [-0.15, -0.1) is 0 Å². The van der Waals surface area contributed by atoms with E-state index in [1.807, 2.05) is 12.1 Å². The highest BCUT2D eigenvalue weighted by molar-refractivity contribution is 5.96. The molecule has 0 atom stereocenters. The molecule has 1 fully saturated rings. The molecule has 3 aromatic rings. The van der Waals surface area contributed by atoms with Gasteiger partial charge >= 0.3 is 5.97 Å². The van der Waals surface area contributed by atoms with Gasteiger partial charge in [0.05, 0.1) is 18.1 Å². The number of hydrogen-bond acceptors (Lipinski definition) is 4. The fraction of sp³-hybridized carbons (Fsp3) is 0.462. The standard InChI is InChI=1S/C18H19N3O3.C8H16/c1-10(2)11-4-6-12(7-5-11)19-18-20-14-8-13(17(22)23)16(24-3)9-15(14)21-18;1-8(2)6-4-3-5-7-8/h4-10H,1-3H3,(H,22,23)(H2,19,20,21);3-7H2,1-2H3. The van der Waals surface area contributed by atoms with Crippen molar-refractivity contribution in [2.24, 2.45) is 5.41 Å². The first kappa shape index (κ1) is 23.6. The van der Waals surface area contributed by atoms with Gasteiger partial charge in [0.25, 0.3) is 0 Å². The van der Waals surface area contributed by atoms with Crippen molar-refractivity contribution in [1.29, 1.82) is 0 Å². The van der Waals surface area contributed by atoms with Gasteiger partial charge < -0.3 is 20.1 Å². The third-order valence-electron chi connectivity index (χ3n) is 6.08. The number of aromatic carboxylic acids is 1. The molecule has 0 bridgehead atoms. The number of carbonyl (C=O) groups is 1. The van der Waals surface area contributed by atoms with Gasteiger partial charge in [-0.3, -0.25) is 0 Å². The first-order valence-corrected chi connectivity index (χ1v) is 11.4. The summed E-state index contributed by atoms with van der Waals surface area (Å²) in [4.78, 5) is 18.8. The lowest BCUT2D eigenvalue weighted by Gasteiger charge is -2.28. The Morgan fingerprint density at radius 3 is 2.28 bits per heavy atom. The van der Waals surface area contributed by atoms with Crippen LogP contribution in [0.1, 0.15) is 81.6 Å². The number of anilines is 2. The summed E-state index contributed by atoms with van der Waals surface area (Å²) < 4.78 is 5.12. The highest BCUT2D eigenvalue weighted by Crippen LogP contribution is 2.34. The number of hydrogen-bond donors (Lipinski definition) is 3. The molecule has 172 valence electrons. The van der Waals surface area contributed by atoms with E-state index in [1.54, 1.807) is 6.07 Å². The van der Waals surface area contributed by atoms with Gasteiger partial charge in [-0.05, 0) is 47.9 Å². The van der Waals surface area contributed by atoms with E-state index in [-0.39, 0.29) is 11.3 Å². The third kappa shape index (κ3) is 6.02. The monoisotopic (exact) mass is 437 g/mol. The van der Waals surface area contributed by atoms with E-state index >= 15 is 0 Å². The van der Waals surface area contributed by atoms with Crippen molar-refractivity contribution < 1.29 is 14.6 Å². The van der Waals surface area contributed by atoms with Crippen molar-refractivity contribution in [3.8, 4) is 5.75 Å². The number of fused-ring (bicyclic) bond motifs is 1. The molecule has 0 radical (unpaired) electrons. The van der Waals surface area contributed by atoms with Crippen LogP contribution in [-0.2, 0) is 0 Å². The van der Waals surface area contributed by atoms with Gasteiger partial charge in [0.2, 0.25) is 5.95 Å². The first-order valence-electron chi connectivity index (χ1n) is 11.4. The zero-order chi connectivity index (χ0) is 23.3. The fourth-order valence-electron chi connectivity index (χ4n) is 4.03. The molecule has 32 heavy (non-hydrogen) atoms. The number of nitrogens with one attached hydrogen (secondary N) is 2. The lowest BCUT2D eigenvalue weighted by atomic mass is 9.78.